The summed E-state index contributed by atoms with van der Waals surface area (Å²) >= 11 is 11.7. The van der Waals surface area contributed by atoms with Crippen LogP contribution >= 0.6 is 23.2 Å². The van der Waals surface area contributed by atoms with Crippen LogP contribution in [0, 0.1) is 6.92 Å². The molecule has 24 heavy (non-hydrogen) atoms. The predicted octanol–water partition coefficient (Wildman–Crippen LogP) is 4.26. The van der Waals surface area contributed by atoms with E-state index >= 15 is 0 Å². The molecule has 8 heteroatoms. The molecule has 1 heterocycles. The third-order valence-corrected chi connectivity index (χ3v) is 5.13. The summed E-state index contributed by atoms with van der Waals surface area (Å²) in [5, 5.41) is 4.67. The maximum atomic E-state index is 12.5. The first-order valence-corrected chi connectivity index (χ1v) is 9.05. The van der Waals surface area contributed by atoms with Crippen molar-refractivity contribution in [3.63, 3.8) is 0 Å². The summed E-state index contributed by atoms with van der Waals surface area (Å²) in [6, 6.07) is 14.6. The zero-order chi connectivity index (χ0) is 17.3. The van der Waals surface area contributed by atoms with E-state index in [1.807, 2.05) is 18.2 Å². The van der Waals surface area contributed by atoms with E-state index in [4.69, 9.17) is 27.4 Å². The molecule has 0 aliphatic carbocycles. The van der Waals surface area contributed by atoms with Gasteiger partial charge in [0.1, 0.15) is 4.90 Å². The van der Waals surface area contributed by atoms with Gasteiger partial charge in [0, 0.05) is 6.07 Å². The van der Waals surface area contributed by atoms with E-state index in [1.54, 1.807) is 25.1 Å². The largest absolute Gasteiger partial charge is 0.358 e. The molecule has 3 aromatic rings. The molecule has 0 saturated carbocycles. The summed E-state index contributed by atoms with van der Waals surface area (Å²) < 4.78 is 31.7. The third kappa shape index (κ3) is 3.40. The van der Waals surface area contributed by atoms with Crippen molar-refractivity contribution < 1.29 is 12.6 Å². The van der Waals surface area contributed by atoms with E-state index < -0.39 is 10.1 Å². The Morgan fingerprint density at radius 2 is 1.71 bits per heavy atom. The number of benzene rings is 2. The molecule has 0 saturated heterocycles. The second-order valence-corrected chi connectivity index (χ2v) is 7.35. The number of nitrogens with zero attached hydrogens (tertiary/aromatic N) is 2. The van der Waals surface area contributed by atoms with Gasteiger partial charge in [0.25, 0.3) is 0 Å². The molecule has 0 amide bonds. The van der Waals surface area contributed by atoms with Gasteiger partial charge < -0.3 is 4.18 Å². The van der Waals surface area contributed by atoms with Crippen LogP contribution in [0.4, 0.5) is 0 Å². The highest BCUT2D eigenvalue weighted by molar-refractivity contribution is 7.87. The van der Waals surface area contributed by atoms with Crippen molar-refractivity contribution >= 4 is 33.3 Å². The second kappa shape index (κ2) is 6.47. The van der Waals surface area contributed by atoms with E-state index in [1.165, 1.54) is 22.9 Å². The van der Waals surface area contributed by atoms with Crippen LogP contribution in [0.3, 0.4) is 0 Å². The highest BCUT2D eigenvalue weighted by Crippen LogP contribution is 2.28. The van der Waals surface area contributed by atoms with E-state index in [-0.39, 0.29) is 20.8 Å². The molecule has 0 aliphatic rings. The normalized spacial score (nSPS) is 11.5. The van der Waals surface area contributed by atoms with Crippen LogP contribution in [0.5, 0.6) is 5.88 Å². The molecule has 0 unspecified atom stereocenters. The van der Waals surface area contributed by atoms with Crippen molar-refractivity contribution in [2.75, 3.05) is 0 Å². The molecular weight excluding hydrogens is 371 g/mol. The van der Waals surface area contributed by atoms with Crippen LogP contribution in [-0.2, 0) is 10.1 Å². The molecule has 0 bridgehead atoms. The lowest BCUT2D eigenvalue weighted by Crippen LogP contribution is -2.12. The van der Waals surface area contributed by atoms with Gasteiger partial charge in [-0.2, -0.15) is 18.2 Å². The van der Waals surface area contributed by atoms with Crippen molar-refractivity contribution in [1.29, 1.82) is 0 Å². The fourth-order valence-corrected chi connectivity index (χ4v) is 3.38. The quantitative estimate of drug-likeness (QED) is 0.632. The zero-order valence-corrected chi connectivity index (χ0v) is 14.8. The average molecular weight is 383 g/mol. The van der Waals surface area contributed by atoms with Crippen molar-refractivity contribution in [3.8, 4) is 11.6 Å². The van der Waals surface area contributed by atoms with Crippen molar-refractivity contribution in [2.24, 2.45) is 0 Å². The molecule has 0 fully saturated rings. The standard InChI is InChI=1S/C16H12Cl2N2O3S/c1-11-9-16(20(19-11)12-5-3-2-4-6-12)23-24(21,22)13-7-8-14(17)15(18)10-13/h2-10H,1H3. The van der Waals surface area contributed by atoms with Crippen LogP contribution in [-0.4, -0.2) is 18.2 Å². The highest BCUT2D eigenvalue weighted by Gasteiger charge is 2.21. The Balaban J connectivity index is 2.00. The number of para-hydroxylation sites is 1. The second-order valence-electron chi connectivity index (χ2n) is 4.98. The maximum Gasteiger partial charge on any atom is 0.340 e. The first-order valence-electron chi connectivity index (χ1n) is 6.88. The van der Waals surface area contributed by atoms with Gasteiger partial charge in [-0.3, -0.25) is 0 Å². The Hall–Kier alpha value is -2.02. The number of halogens is 2. The molecule has 3 rings (SSSR count). The molecule has 0 atom stereocenters. The molecule has 1 aromatic heterocycles. The van der Waals surface area contributed by atoms with Gasteiger partial charge in [-0.15, -0.1) is 0 Å². The molecular formula is C16H12Cl2N2O3S. The predicted molar refractivity (Wildman–Crippen MR) is 92.6 cm³/mol. The number of aromatic nitrogens is 2. The number of aryl methyl sites for hydroxylation is 1. The number of hydrogen-bond acceptors (Lipinski definition) is 4. The Morgan fingerprint density at radius 3 is 2.38 bits per heavy atom. The average Bonchev–Trinajstić information content (AvgIpc) is 2.90. The molecule has 0 N–H and O–H groups in total. The Kier molecular flexibility index (Phi) is 4.54. The first-order chi connectivity index (χ1) is 11.4. The summed E-state index contributed by atoms with van der Waals surface area (Å²) in [5.41, 5.74) is 1.31. The zero-order valence-electron chi connectivity index (χ0n) is 12.5. The van der Waals surface area contributed by atoms with Crippen molar-refractivity contribution in [3.05, 3.63) is 70.3 Å². The van der Waals surface area contributed by atoms with Gasteiger partial charge in [-0.25, -0.2) is 0 Å². The van der Waals surface area contributed by atoms with Crippen LogP contribution in [0.2, 0.25) is 10.0 Å². The van der Waals surface area contributed by atoms with Crippen LogP contribution in [0.25, 0.3) is 5.69 Å². The van der Waals surface area contributed by atoms with Gasteiger partial charge in [0.15, 0.2) is 0 Å². The van der Waals surface area contributed by atoms with Gasteiger partial charge in [0.2, 0.25) is 5.88 Å². The minimum atomic E-state index is -4.07. The van der Waals surface area contributed by atoms with Gasteiger partial charge in [-0.1, -0.05) is 41.4 Å². The summed E-state index contributed by atoms with van der Waals surface area (Å²) in [4.78, 5) is -0.0876. The molecule has 124 valence electrons. The molecule has 0 aliphatic heterocycles. The van der Waals surface area contributed by atoms with Gasteiger partial charge >= 0.3 is 10.1 Å². The lowest BCUT2D eigenvalue weighted by atomic mass is 10.3. The van der Waals surface area contributed by atoms with E-state index in [0.29, 0.717) is 11.4 Å². The first kappa shape index (κ1) is 16.8. The number of rotatable bonds is 4. The Morgan fingerprint density at radius 1 is 1.00 bits per heavy atom. The molecule has 5 nitrogen and oxygen atoms in total. The fourth-order valence-electron chi connectivity index (χ4n) is 2.08. The Labute approximate surface area is 149 Å². The summed E-state index contributed by atoms with van der Waals surface area (Å²) in [6.07, 6.45) is 0. The lowest BCUT2D eigenvalue weighted by molar-refractivity contribution is 0.465. The highest BCUT2D eigenvalue weighted by atomic mass is 35.5. The van der Waals surface area contributed by atoms with Gasteiger partial charge in [0.05, 0.1) is 21.4 Å². The van der Waals surface area contributed by atoms with Crippen molar-refractivity contribution in [1.82, 2.24) is 9.78 Å². The van der Waals surface area contributed by atoms with Crippen molar-refractivity contribution in [2.45, 2.75) is 11.8 Å². The summed E-state index contributed by atoms with van der Waals surface area (Å²) in [6.45, 7) is 1.75. The molecule has 0 spiro atoms. The Bertz CT molecular complexity index is 986. The lowest BCUT2D eigenvalue weighted by Gasteiger charge is -2.10. The van der Waals surface area contributed by atoms with E-state index in [9.17, 15) is 8.42 Å². The number of hydrogen-bond donors (Lipinski definition) is 0. The fraction of sp³-hybridized carbons (Fsp3) is 0.0625. The van der Waals surface area contributed by atoms with E-state index in [2.05, 4.69) is 5.10 Å². The summed E-state index contributed by atoms with van der Waals surface area (Å²) in [7, 11) is -4.07. The molecule has 2 aromatic carbocycles. The maximum absolute atomic E-state index is 12.5. The van der Waals surface area contributed by atoms with Crippen LogP contribution in [0.1, 0.15) is 5.69 Å². The third-order valence-electron chi connectivity index (χ3n) is 3.17. The van der Waals surface area contributed by atoms with Crippen LogP contribution in [0.15, 0.2) is 59.5 Å². The minimum absolute atomic E-state index is 0.0876. The van der Waals surface area contributed by atoms with E-state index in [0.717, 1.165) is 0 Å². The topological polar surface area (TPSA) is 61.2 Å². The monoisotopic (exact) mass is 382 g/mol. The molecule has 0 radical (unpaired) electrons. The summed E-state index contributed by atoms with van der Waals surface area (Å²) in [5.74, 6) is 0.0878. The smallest absolute Gasteiger partial charge is 0.340 e. The van der Waals surface area contributed by atoms with Gasteiger partial charge in [-0.05, 0) is 37.3 Å². The SMILES string of the molecule is Cc1cc(OS(=O)(=O)c2ccc(Cl)c(Cl)c2)n(-c2ccccc2)n1. The minimum Gasteiger partial charge on any atom is -0.358 e. The van der Waals surface area contributed by atoms with Crippen LogP contribution < -0.4 is 4.18 Å².